The molecule has 0 radical (unpaired) electrons. The van der Waals surface area contributed by atoms with E-state index in [0.29, 0.717) is 12.3 Å². The zero-order valence-corrected chi connectivity index (χ0v) is 10.8. The second kappa shape index (κ2) is 7.77. The Morgan fingerprint density at radius 3 is 2.60 bits per heavy atom. The molecular formula is C11H22N2OS. The SMILES string of the molecule is C=C(C)CN(CC)C(=O)CSCC(C)N. The normalized spacial score (nSPS) is 12.3. The topological polar surface area (TPSA) is 46.3 Å². The molecule has 0 spiro atoms. The predicted octanol–water partition coefficient (Wildman–Crippen LogP) is 1.49. The molecule has 0 bridgehead atoms. The molecule has 0 aliphatic heterocycles. The summed E-state index contributed by atoms with van der Waals surface area (Å²) >= 11 is 1.59. The summed E-state index contributed by atoms with van der Waals surface area (Å²) in [5.41, 5.74) is 6.62. The third-order valence-electron chi connectivity index (χ3n) is 1.80. The highest BCUT2D eigenvalue weighted by Crippen LogP contribution is 2.05. The van der Waals surface area contributed by atoms with E-state index in [4.69, 9.17) is 5.73 Å². The number of nitrogens with two attached hydrogens (primary N) is 1. The van der Waals surface area contributed by atoms with Crippen molar-refractivity contribution in [3.63, 3.8) is 0 Å². The van der Waals surface area contributed by atoms with Crippen LogP contribution in [0.2, 0.25) is 0 Å². The molecule has 0 aromatic carbocycles. The fourth-order valence-corrected chi connectivity index (χ4v) is 1.97. The highest BCUT2D eigenvalue weighted by atomic mass is 32.2. The summed E-state index contributed by atoms with van der Waals surface area (Å²) in [6, 6.07) is 0.152. The van der Waals surface area contributed by atoms with Gasteiger partial charge in [-0.15, -0.1) is 0 Å². The Kier molecular flexibility index (Phi) is 7.52. The van der Waals surface area contributed by atoms with E-state index in [1.807, 2.05) is 25.7 Å². The zero-order valence-electron chi connectivity index (χ0n) is 9.95. The van der Waals surface area contributed by atoms with Crippen molar-refractivity contribution in [1.29, 1.82) is 0 Å². The molecule has 2 N–H and O–H groups in total. The second-order valence-corrected chi connectivity index (χ2v) is 4.89. The molecule has 1 amide bonds. The van der Waals surface area contributed by atoms with Crippen LogP contribution in [0.1, 0.15) is 20.8 Å². The zero-order chi connectivity index (χ0) is 11.8. The highest BCUT2D eigenvalue weighted by Gasteiger charge is 2.11. The Balaban J connectivity index is 3.88. The fourth-order valence-electron chi connectivity index (χ4n) is 1.13. The largest absolute Gasteiger partial charge is 0.338 e. The molecule has 0 saturated heterocycles. The molecule has 0 aliphatic rings. The number of carbonyl (C=O) groups is 1. The minimum absolute atomic E-state index is 0.152. The van der Waals surface area contributed by atoms with Gasteiger partial charge in [0.05, 0.1) is 5.75 Å². The first kappa shape index (κ1) is 14.5. The van der Waals surface area contributed by atoms with Gasteiger partial charge in [-0.25, -0.2) is 0 Å². The van der Waals surface area contributed by atoms with Crippen LogP contribution in [0.3, 0.4) is 0 Å². The molecule has 1 unspecified atom stereocenters. The lowest BCUT2D eigenvalue weighted by molar-refractivity contribution is -0.127. The van der Waals surface area contributed by atoms with Gasteiger partial charge < -0.3 is 10.6 Å². The lowest BCUT2D eigenvalue weighted by Crippen LogP contribution is -2.34. The third-order valence-corrected chi connectivity index (χ3v) is 3.01. The average molecular weight is 230 g/mol. The van der Waals surface area contributed by atoms with Crippen LogP contribution in [-0.4, -0.2) is 41.4 Å². The number of thioether (sulfide) groups is 1. The molecular weight excluding hydrogens is 208 g/mol. The van der Waals surface area contributed by atoms with E-state index in [9.17, 15) is 4.79 Å². The Hall–Kier alpha value is -0.480. The van der Waals surface area contributed by atoms with Gasteiger partial charge in [0.25, 0.3) is 0 Å². The number of amides is 1. The monoisotopic (exact) mass is 230 g/mol. The number of nitrogens with zero attached hydrogens (tertiary/aromatic N) is 1. The number of carbonyl (C=O) groups excluding carboxylic acids is 1. The van der Waals surface area contributed by atoms with Crippen LogP contribution in [0.25, 0.3) is 0 Å². The maximum atomic E-state index is 11.7. The summed E-state index contributed by atoms with van der Waals surface area (Å²) in [6.45, 7) is 11.1. The van der Waals surface area contributed by atoms with Gasteiger partial charge >= 0.3 is 0 Å². The van der Waals surface area contributed by atoms with Gasteiger partial charge in [-0.1, -0.05) is 12.2 Å². The fraction of sp³-hybridized carbons (Fsp3) is 0.727. The molecule has 0 saturated carbocycles. The van der Waals surface area contributed by atoms with Gasteiger partial charge in [0.2, 0.25) is 5.91 Å². The highest BCUT2D eigenvalue weighted by molar-refractivity contribution is 7.99. The van der Waals surface area contributed by atoms with E-state index in [0.717, 1.165) is 17.9 Å². The van der Waals surface area contributed by atoms with Gasteiger partial charge in [0.15, 0.2) is 0 Å². The van der Waals surface area contributed by atoms with Crippen molar-refractivity contribution in [1.82, 2.24) is 4.90 Å². The summed E-state index contributed by atoms with van der Waals surface area (Å²) in [5.74, 6) is 1.52. The van der Waals surface area contributed by atoms with Crippen molar-refractivity contribution >= 4 is 17.7 Å². The lowest BCUT2D eigenvalue weighted by Gasteiger charge is -2.20. The third kappa shape index (κ3) is 7.45. The first-order chi connectivity index (χ1) is 6.97. The molecule has 4 heteroatoms. The van der Waals surface area contributed by atoms with Gasteiger partial charge in [0.1, 0.15) is 0 Å². The van der Waals surface area contributed by atoms with E-state index < -0.39 is 0 Å². The standard InChI is InChI=1S/C11H22N2OS/c1-5-13(6-9(2)3)11(14)8-15-7-10(4)12/h10H,2,5-8,12H2,1,3-4H3. The number of rotatable bonds is 7. The Bertz CT molecular complexity index is 217. The number of likely N-dealkylation sites (N-methyl/N-ethyl adjacent to an activating group) is 1. The second-order valence-electron chi connectivity index (χ2n) is 3.86. The molecule has 3 nitrogen and oxygen atoms in total. The Morgan fingerprint density at radius 2 is 2.20 bits per heavy atom. The summed E-state index contributed by atoms with van der Waals surface area (Å²) < 4.78 is 0. The van der Waals surface area contributed by atoms with Crippen LogP contribution in [0, 0.1) is 0 Å². The van der Waals surface area contributed by atoms with Crippen LogP contribution < -0.4 is 5.73 Å². The van der Waals surface area contributed by atoms with Crippen molar-refractivity contribution in [2.24, 2.45) is 5.73 Å². The van der Waals surface area contributed by atoms with Crippen molar-refractivity contribution in [3.8, 4) is 0 Å². The first-order valence-corrected chi connectivity index (χ1v) is 6.38. The maximum absolute atomic E-state index is 11.7. The van der Waals surface area contributed by atoms with Gasteiger partial charge in [-0.3, -0.25) is 4.79 Å². The molecule has 0 heterocycles. The van der Waals surface area contributed by atoms with Crippen molar-refractivity contribution in [3.05, 3.63) is 12.2 Å². The summed E-state index contributed by atoms with van der Waals surface area (Å²) in [4.78, 5) is 13.5. The van der Waals surface area contributed by atoms with Crippen LogP contribution in [0.4, 0.5) is 0 Å². The van der Waals surface area contributed by atoms with Crippen LogP contribution in [-0.2, 0) is 4.79 Å². The average Bonchev–Trinajstić information content (AvgIpc) is 2.13. The Morgan fingerprint density at radius 1 is 1.60 bits per heavy atom. The van der Waals surface area contributed by atoms with E-state index in [2.05, 4.69) is 6.58 Å². The molecule has 0 rings (SSSR count). The first-order valence-electron chi connectivity index (χ1n) is 5.22. The van der Waals surface area contributed by atoms with Crippen LogP contribution in [0.5, 0.6) is 0 Å². The quantitative estimate of drug-likeness (QED) is 0.674. The smallest absolute Gasteiger partial charge is 0.232 e. The number of hydrogen-bond acceptors (Lipinski definition) is 3. The Labute approximate surface area is 97.1 Å². The van der Waals surface area contributed by atoms with Crippen molar-refractivity contribution in [2.75, 3.05) is 24.6 Å². The van der Waals surface area contributed by atoms with Crippen LogP contribution >= 0.6 is 11.8 Å². The summed E-state index contributed by atoms with van der Waals surface area (Å²) in [7, 11) is 0. The molecule has 0 aromatic rings. The summed E-state index contributed by atoms with van der Waals surface area (Å²) in [5, 5.41) is 0. The van der Waals surface area contributed by atoms with E-state index in [1.54, 1.807) is 11.8 Å². The van der Waals surface area contributed by atoms with E-state index in [-0.39, 0.29) is 11.9 Å². The molecule has 0 aliphatic carbocycles. The number of hydrogen-bond donors (Lipinski definition) is 1. The van der Waals surface area contributed by atoms with E-state index in [1.165, 1.54) is 0 Å². The van der Waals surface area contributed by atoms with Crippen LogP contribution in [0.15, 0.2) is 12.2 Å². The maximum Gasteiger partial charge on any atom is 0.232 e. The van der Waals surface area contributed by atoms with Crippen molar-refractivity contribution in [2.45, 2.75) is 26.8 Å². The van der Waals surface area contributed by atoms with Gasteiger partial charge in [-0.2, -0.15) is 11.8 Å². The molecule has 0 fully saturated rings. The molecule has 1 atom stereocenters. The molecule has 0 aromatic heterocycles. The molecule has 88 valence electrons. The lowest BCUT2D eigenvalue weighted by atomic mass is 10.3. The van der Waals surface area contributed by atoms with Gasteiger partial charge in [0, 0.05) is 24.9 Å². The van der Waals surface area contributed by atoms with Crippen molar-refractivity contribution < 1.29 is 4.79 Å². The summed E-state index contributed by atoms with van der Waals surface area (Å²) in [6.07, 6.45) is 0. The predicted molar refractivity (Wildman–Crippen MR) is 68.0 cm³/mol. The minimum atomic E-state index is 0.152. The van der Waals surface area contributed by atoms with E-state index >= 15 is 0 Å². The molecule has 15 heavy (non-hydrogen) atoms. The van der Waals surface area contributed by atoms with Gasteiger partial charge in [-0.05, 0) is 20.8 Å². The minimum Gasteiger partial charge on any atom is -0.338 e.